The van der Waals surface area contributed by atoms with Crippen molar-refractivity contribution in [2.75, 3.05) is 19.6 Å². The second-order valence-corrected chi connectivity index (χ2v) is 3.89. The molecule has 0 amide bonds. The summed E-state index contributed by atoms with van der Waals surface area (Å²) in [4.78, 5) is 0. The van der Waals surface area contributed by atoms with Crippen molar-refractivity contribution in [1.29, 1.82) is 0 Å². The maximum absolute atomic E-state index is 3.38. The van der Waals surface area contributed by atoms with Crippen molar-refractivity contribution in [3.63, 3.8) is 0 Å². The monoisotopic (exact) mass is 190 g/mol. The van der Waals surface area contributed by atoms with Gasteiger partial charge in [0.25, 0.3) is 0 Å². The van der Waals surface area contributed by atoms with Crippen LogP contribution < -0.4 is 10.6 Å². The molecule has 1 saturated heterocycles. The zero-order chi connectivity index (χ0) is 9.64. The van der Waals surface area contributed by atoms with Crippen LogP contribution in [0.3, 0.4) is 0 Å². The SMILES string of the molecule is C1=CC(C=CC2CCNCC2)=CCN1. The fourth-order valence-electron chi connectivity index (χ4n) is 1.88. The second kappa shape index (κ2) is 5.01. The minimum absolute atomic E-state index is 0.778. The first-order chi connectivity index (χ1) is 6.95. The predicted octanol–water partition coefficient (Wildman–Crippen LogP) is 1.59. The van der Waals surface area contributed by atoms with Gasteiger partial charge in [0.05, 0.1) is 0 Å². The number of allylic oxidation sites excluding steroid dienone is 4. The molecule has 76 valence electrons. The Bertz CT molecular complexity index is 257. The average molecular weight is 190 g/mol. The van der Waals surface area contributed by atoms with Gasteiger partial charge in [0.1, 0.15) is 0 Å². The molecule has 2 aliphatic rings. The molecule has 14 heavy (non-hydrogen) atoms. The van der Waals surface area contributed by atoms with E-state index in [9.17, 15) is 0 Å². The van der Waals surface area contributed by atoms with E-state index in [1.807, 2.05) is 6.20 Å². The van der Waals surface area contributed by atoms with Gasteiger partial charge in [0.2, 0.25) is 0 Å². The van der Waals surface area contributed by atoms with Crippen molar-refractivity contribution in [3.05, 3.63) is 36.1 Å². The molecular weight excluding hydrogens is 172 g/mol. The van der Waals surface area contributed by atoms with Crippen molar-refractivity contribution < 1.29 is 0 Å². The molecule has 2 nitrogen and oxygen atoms in total. The van der Waals surface area contributed by atoms with Crippen LogP contribution in [0.15, 0.2) is 36.1 Å². The van der Waals surface area contributed by atoms with Gasteiger partial charge in [-0.3, -0.25) is 0 Å². The molecule has 0 aromatic carbocycles. The Morgan fingerprint density at radius 2 is 2.14 bits per heavy atom. The van der Waals surface area contributed by atoms with E-state index in [1.54, 1.807) is 0 Å². The van der Waals surface area contributed by atoms with Gasteiger partial charge in [0.15, 0.2) is 0 Å². The minimum Gasteiger partial charge on any atom is -0.387 e. The van der Waals surface area contributed by atoms with Crippen molar-refractivity contribution in [2.24, 2.45) is 5.92 Å². The largest absolute Gasteiger partial charge is 0.387 e. The number of rotatable bonds is 2. The molecule has 0 unspecified atom stereocenters. The van der Waals surface area contributed by atoms with E-state index < -0.39 is 0 Å². The Morgan fingerprint density at radius 1 is 1.29 bits per heavy atom. The second-order valence-electron chi connectivity index (χ2n) is 3.89. The van der Waals surface area contributed by atoms with Crippen LogP contribution in [0.1, 0.15) is 12.8 Å². The van der Waals surface area contributed by atoms with Crippen LogP contribution in [0, 0.1) is 5.92 Å². The van der Waals surface area contributed by atoms with E-state index >= 15 is 0 Å². The Balaban J connectivity index is 1.85. The molecule has 0 atom stereocenters. The first-order valence-electron chi connectivity index (χ1n) is 5.44. The molecule has 0 aromatic heterocycles. The van der Waals surface area contributed by atoms with Crippen LogP contribution >= 0.6 is 0 Å². The van der Waals surface area contributed by atoms with Gasteiger partial charge in [-0.25, -0.2) is 0 Å². The summed E-state index contributed by atoms with van der Waals surface area (Å²) in [6.45, 7) is 3.30. The first-order valence-corrected chi connectivity index (χ1v) is 5.44. The smallest absolute Gasteiger partial charge is 0.0334 e. The van der Waals surface area contributed by atoms with Crippen LogP contribution in [-0.2, 0) is 0 Å². The topological polar surface area (TPSA) is 24.1 Å². The molecule has 0 bridgehead atoms. The molecule has 2 heterocycles. The summed E-state index contributed by atoms with van der Waals surface area (Å²) in [5, 5.41) is 6.53. The van der Waals surface area contributed by atoms with Gasteiger partial charge < -0.3 is 10.6 Å². The maximum atomic E-state index is 3.38. The lowest BCUT2D eigenvalue weighted by Crippen LogP contribution is -2.26. The Kier molecular flexibility index (Phi) is 3.41. The van der Waals surface area contributed by atoms with Crippen molar-refractivity contribution in [3.8, 4) is 0 Å². The van der Waals surface area contributed by atoms with Crippen molar-refractivity contribution in [1.82, 2.24) is 10.6 Å². The van der Waals surface area contributed by atoms with E-state index in [2.05, 4.69) is 34.9 Å². The summed E-state index contributed by atoms with van der Waals surface area (Å²) < 4.78 is 0. The predicted molar refractivity (Wildman–Crippen MR) is 60.0 cm³/mol. The van der Waals surface area contributed by atoms with Gasteiger partial charge >= 0.3 is 0 Å². The molecule has 0 aliphatic carbocycles. The molecule has 2 rings (SSSR count). The zero-order valence-corrected chi connectivity index (χ0v) is 8.50. The van der Waals surface area contributed by atoms with Crippen LogP contribution in [-0.4, -0.2) is 19.6 Å². The highest BCUT2D eigenvalue weighted by Crippen LogP contribution is 2.14. The maximum Gasteiger partial charge on any atom is 0.0334 e. The Morgan fingerprint density at radius 3 is 2.86 bits per heavy atom. The van der Waals surface area contributed by atoms with E-state index in [0.29, 0.717) is 0 Å². The molecule has 2 aliphatic heterocycles. The summed E-state index contributed by atoms with van der Waals surface area (Å²) in [6.07, 6.45) is 13.5. The van der Waals surface area contributed by atoms with E-state index in [4.69, 9.17) is 0 Å². The molecule has 0 saturated carbocycles. The van der Waals surface area contributed by atoms with Crippen molar-refractivity contribution in [2.45, 2.75) is 12.8 Å². The summed E-state index contributed by atoms with van der Waals surface area (Å²) in [5.41, 5.74) is 1.34. The lowest BCUT2D eigenvalue weighted by atomic mass is 9.97. The highest BCUT2D eigenvalue weighted by Gasteiger charge is 2.08. The van der Waals surface area contributed by atoms with Crippen LogP contribution in [0.2, 0.25) is 0 Å². The molecular formula is C12H18N2. The Labute approximate surface area is 85.8 Å². The fourth-order valence-corrected chi connectivity index (χ4v) is 1.88. The van der Waals surface area contributed by atoms with E-state index in [0.717, 1.165) is 12.5 Å². The Hall–Kier alpha value is -1.02. The third-order valence-electron chi connectivity index (χ3n) is 2.79. The summed E-state index contributed by atoms with van der Waals surface area (Å²) >= 11 is 0. The molecule has 0 spiro atoms. The highest BCUT2D eigenvalue weighted by molar-refractivity contribution is 5.33. The quantitative estimate of drug-likeness (QED) is 0.691. The van der Waals surface area contributed by atoms with E-state index in [-0.39, 0.29) is 0 Å². The van der Waals surface area contributed by atoms with Gasteiger partial charge in [0, 0.05) is 6.54 Å². The molecule has 2 N–H and O–H groups in total. The lowest BCUT2D eigenvalue weighted by Gasteiger charge is -2.19. The number of hydrogen-bond acceptors (Lipinski definition) is 2. The average Bonchev–Trinajstić information content (AvgIpc) is 2.29. The normalized spacial score (nSPS) is 23.6. The summed E-state index contributed by atoms with van der Waals surface area (Å²) in [7, 11) is 0. The third kappa shape index (κ3) is 2.74. The lowest BCUT2D eigenvalue weighted by molar-refractivity contribution is 0.436. The van der Waals surface area contributed by atoms with Gasteiger partial charge in [-0.2, -0.15) is 0 Å². The fraction of sp³-hybridized carbons (Fsp3) is 0.500. The van der Waals surface area contributed by atoms with Gasteiger partial charge in [-0.05, 0) is 49.7 Å². The zero-order valence-electron chi connectivity index (χ0n) is 8.50. The summed E-state index contributed by atoms with van der Waals surface area (Å²) in [5.74, 6) is 0.778. The third-order valence-corrected chi connectivity index (χ3v) is 2.79. The first kappa shape index (κ1) is 9.53. The molecule has 2 heteroatoms. The molecule has 0 aromatic rings. The standard InChI is InChI=1S/C12H18N2/c1(11-3-7-13-8-4-11)2-12-5-9-14-10-6-12/h1-4,7,12-14H,5-6,8-10H2. The summed E-state index contributed by atoms with van der Waals surface area (Å²) in [6, 6.07) is 0. The van der Waals surface area contributed by atoms with Gasteiger partial charge in [-0.1, -0.05) is 18.2 Å². The molecule has 0 radical (unpaired) electrons. The number of dihydropyridines is 1. The van der Waals surface area contributed by atoms with Crippen LogP contribution in [0.4, 0.5) is 0 Å². The van der Waals surface area contributed by atoms with Crippen LogP contribution in [0.5, 0.6) is 0 Å². The van der Waals surface area contributed by atoms with Crippen molar-refractivity contribution >= 4 is 0 Å². The minimum atomic E-state index is 0.778. The highest BCUT2D eigenvalue weighted by atomic mass is 14.9. The number of hydrogen-bond donors (Lipinski definition) is 2. The number of nitrogens with one attached hydrogen (secondary N) is 2. The number of piperidine rings is 1. The van der Waals surface area contributed by atoms with Crippen LogP contribution in [0.25, 0.3) is 0 Å². The van der Waals surface area contributed by atoms with Gasteiger partial charge in [-0.15, -0.1) is 0 Å². The van der Waals surface area contributed by atoms with E-state index in [1.165, 1.54) is 31.5 Å². The molecule has 1 fully saturated rings.